The highest BCUT2D eigenvalue weighted by atomic mass is 16.5. The lowest BCUT2D eigenvalue weighted by Gasteiger charge is -2.28. The van der Waals surface area contributed by atoms with E-state index in [1.165, 1.54) is 0 Å². The zero-order chi connectivity index (χ0) is 9.10. The molecule has 0 aromatic carbocycles. The average molecular weight is 184 g/mol. The van der Waals surface area contributed by atoms with Gasteiger partial charge in [0.05, 0.1) is 6.10 Å². The molecule has 0 spiro atoms. The first-order valence-corrected chi connectivity index (χ1v) is 5.05. The van der Waals surface area contributed by atoms with E-state index in [1.54, 1.807) is 0 Å². The number of rotatable bonds is 3. The van der Waals surface area contributed by atoms with Crippen molar-refractivity contribution < 1.29 is 14.3 Å². The predicted octanol–water partition coefficient (Wildman–Crippen LogP) is 1.16. The van der Waals surface area contributed by atoms with E-state index in [0.29, 0.717) is 24.5 Å². The van der Waals surface area contributed by atoms with Gasteiger partial charge in [-0.3, -0.25) is 4.79 Å². The Morgan fingerprint density at radius 1 is 1.31 bits per heavy atom. The highest BCUT2D eigenvalue weighted by Crippen LogP contribution is 2.21. The van der Waals surface area contributed by atoms with E-state index >= 15 is 0 Å². The van der Waals surface area contributed by atoms with E-state index in [4.69, 9.17) is 9.47 Å². The van der Waals surface area contributed by atoms with Gasteiger partial charge in [-0.25, -0.2) is 0 Å². The number of carbonyl (C=O) groups is 1. The second-order valence-corrected chi connectivity index (χ2v) is 3.96. The second kappa shape index (κ2) is 4.20. The van der Waals surface area contributed by atoms with Gasteiger partial charge >= 0.3 is 0 Å². The molecule has 13 heavy (non-hydrogen) atoms. The fourth-order valence-corrected chi connectivity index (χ4v) is 1.75. The summed E-state index contributed by atoms with van der Waals surface area (Å²) in [5.74, 6) is 1.00. The molecule has 0 aromatic heterocycles. The molecule has 1 saturated heterocycles. The van der Waals surface area contributed by atoms with E-state index in [1.807, 2.05) is 0 Å². The second-order valence-electron chi connectivity index (χ2n) is 3.96. The summed E-state index contributed by atoms with van der Waals surface area (Å²) in [5.41, 5.74) is 0. The van der Waals surface area contributed by atoms with E-state index < -0.39 is 0 Å². The topological polar surface area (TPSA) is 35.5 Å². The van der Waals surface area contributed by atoms with Crippen molar-refractivity contribution >= 4 is 5.78 Å². The van der Waals surface area contributed by atoms with Crippen LogP contribution in [0.15, 0.2) is 0 Å². The molecule has 2 rings (SSSR count). The summed E-state index contributed by atoms with van der Waals surface area (Å²) in [4.78, 5) is 10.7. The van der Waals surface area contributed by atoms with Crippen LogP contribution in [0.1, 0.15) is 25.7 Å². The summed E-state index contributed by atoms with van der Waals surface area (Å²) >= 11 is 0. The molecule has 0 bridgehead atoms. The van der Waals surface area contributed by atoms with E-state index in [9.17, 15) is 4.79 Å². The van der Waals surface area contributed by atoms with Crippen LogP contribution in [-0.4, -0.2) is 31.7 Å². The summed E-state index contributed by atoms with van der Waals surface area (Å²) in [5, 5.41) is 0. The largest absolute Gasteiger partial charge is 0.381 e. The quantitative estimate of drug-likeness (QED) is 0.660. The van der Waals surface area contributed by atoms with Crippen molar-refractivity contribution in [2.45, 2.75) is 31.8 Å². The Hall–Kier alpha value is -0.410. The predicted molar refractivity (Wildman–Crippen MR) is 47.5 cm³/mol. The molecule has 3 heteroatoms. The number of Topliss-reactive ketones (excluding diaryl/α,β-unsaturated/α-hetero) is 1. The zero-order valence-electron chi connectivity index (χ0n) is 7.83. The summed E-state index contributed by atoms with van der Waals surface area (Å²) in [6, 6.07) is 0. The Balaban J connectivity index is 1.59. The normalized spacial score (nSPS) is 26.0. The minimum Gasteiger partial charge on any atom is -0.381 e. The van der Waals surface area contributed by atoms with Crippen molar-refractivity contribution in [3.8, 4) is 0 Å². The molecule has 0 unspecified atom stereocenters. The highest BCUT2D eigenvalue weighted by Gasteiger charge is 2.28. The van der Waals surface area contributed by atoms with Gasteiger partial charge in [0.25, 0.3) is 0 Å². The van der Waals surface area contributed by atoms with Crippen molar-refractivity contribution in [2.75, 3.05) is 19.8 Å². The van der Waals surface area contributed by atoms with Crippen molar-refractivity contribution in [3.63, 3.8) is 0 Å². The molecule has 0 radical (unpaired) electrons. The fourth-order valence-electron chi connectivity index (χ4n) is 1.75. The number of hydrogen-bond donors (Lipinski definition) is 0. The zero-order valence-corrected chi connectivity index (χ0v) is 7.83. The molecule has 2 aliphatic rings. The molecule has 3 nitrogen and oxygen atoms in total. The van der Waals surface area contributed by atoms with Gasteiger partial charge in [-0.05, 0) is 18.8 Å². The Morgan fingerprint density at radius 3 is 2.62 bits per heavy atom. The SMILES string of the molecule is O=C1CC(OCC2CCOCC2)C1. The molecule has 0 aromatic rings. The van der Waals surface area contributed by atoms with Gasteiger partial charge in [0.1, 0.15) is 5.78 Å². The van der Waals surface area contributed by atoms with Crippen molar-refractivity contribution in [1.29, 1.82) is 0 Å². The van der Waals surface area contributed by atoms with Gasteiger partial charge in [0.2, 0.25) is 0 Å². The molecule has 0 atom stereocenters. The van der Waals surface area contributed by atoms with Gasteiger partial charge in [-0.1, -0.05) is 0 Å². The molecule has 74 valence electrons. The van der Waals surface area contributed by atoms with Crippen molar-refractivity contribution in [3.05, 3.63) is 0 Å². The van der Waals surface area contributed by atoms with Crippen LogP contribution in [0.2, 0.25) is 0 Å². The standard InChI is InChI=1S/C10H16O3/c11-9-5-10(6-9)13-7-8-1-3-12-4-2-8/h8,10H,1-7H2. The maximum atomic E-state index is 10.7. The van der Waals surface area contributed by atoms with Crippen LogP contribution in [0.3, 0.4) is 0 Å². The van der Waals surface area contributed by atoms with Gasteiger partial charge in [0, 0.05) is 32.7 Å². The maximum absolute atomic E-state index is 10.7. The maximum Gasteiger partial charge on any atom is 0.138 e. The van der Waals surface area contributed by atoms with Crippen LogP contribution in [0, 0.1) is 5.92 Å². The minimum absolute atomic E-state index is 0.232. The summed E-state index contributed by atoms with van der Waals surface area (Å²) < 4.78 is 10.9. The Bertz CT molecular complexity index is 177. The third-order valence-electron chi connectivity index (χ3n) is 2.82. The van der Waals surface area contributed by atoms with Crippen LogP contribution in [0.25, 0.3) is 0 Å². The minimum atomic E-state index is 0.232. The molecule has 2 fully saturated rings. The Labute approximate surface area is 78.4 Å². The van der Waals surface area contributed by atoms with Gasteiger partial charge in [0.15, 0.2) is 0 Å². The molecular weight excluding hydrogens is 168 g/mol. The number of hydrogen-bond acceptors (Lipinski definition) is 3. The third-order valence-corrected chi connectivity index (χ3v) is 2.82. The summed E-state index contributed by atoms with van der Waals surface area (Å²) in [6.45, 7) is 2.57. The molecule has 0 amide bonds. The van der Waals surface area contributed by atoms with Crippen LogP contribution >= 0.6 is 0 Å². The summed E-state index contributed by atoms with van der Waals surface area (Å²) in [7, 11) is 0. The van der Waals surface area contributed by atoms with Gasteiger partial charge < -0.3 is 9.47 Å². The molecule has 1 aliphatic heterocycles. The molecule has 1 heterocycles. The number of ether oxygens (including phenoxy) is 2. The lowest BCUT2D eigenvalue weighted by atomic mass is 9.94. The van der Waals surface area contributed by atoms with Gasteiger partial charge in [-0.15, -0.1) is 0 Å². The fraction of sp³-hybridized carbons (Fsp3) is 0.900. The lowest BCUT2D eigenvalue weighted by Crippen LogP contribution is -2.33. The van der Waals surface area contributed by atoms with Crippen molar-refractivity contribution in [1.82, 2.24) is 0 Å². The van der Waals surface area contributed by atoms with Crippen LogP contribution in [0.4, 0.5) is 0 Å². The first-order chi connectivity index (χ1) is 6.34. The summed E-state index contributed by atoms with van der Waals surface area (Å²) in [6.07, 6.45) is 3.74. The lowest BCUT2D eigenvalue weighted by molar-refractivity contribution is -0.135. The van der Waals surface area contributed by atoms with Crippen molar-refractivity contribution in [2.24, 2.45) is 5.92 Å². The van der Waals surface area contributed by atoms with E-state index in [-0.39, 0.29) is 6.10 Å². The smallest absolute Gasteiger partial charge is 0.138 e. The first-order valence-electron chi connectivity index (χ1n) is 5.05. The van der Waals surface area contributed by atoms with Crippen LogP contribution in [-0.2, 0) is 14.3 Å². The number of carbonyl (C=O) groups excluding carboxylic acids is 1. The average Bonchev–Trinajstić information content (AvgIpc) is 2.12. The third kappa shape index (κ3) is 2.51. The Morgan fingerprint density at radius 2 is 2.00 bits per heavy atom. The van der Waals surface area contributed by atoms with E-state index in [2.05, 4.69) is 0 Å². The first kappa shape index (κ1) is 9.16. The molecule has 0 N–H and O–H groups in total. The van der Waals surface area contributed by atoms with Crippen LogP contribution in [0.5, 0.6) is 0 Å². The van der Waals surface area contributed by atoms with E-state index in [0.717, 1.165) is 32.7 Å². The monoisotopic (exact) mass is 184 g/mol. The molecule has 1 saturated carbocycles. The Kier molecular flexibility index (Phi) is 2.96. The number of ketones is 1. The highest BCUT2D eigenvalue weighted by molar-refractivity contribution is 5.85. The molecule has 1 aliphatic carbocycles. The van der Waals surface area contributed by atoms with Gasteiger partial charge in [-0.2, -0.15) is 0 Å². The molecular formula is C10H16O3. The van der Waals surface area contributed by atoms with Crippen LogP contribution < -0.4 is 0 Å².